The molecule has 0 bridgehead atoms. The fraction of sp³-hybridized carbons (Fsp3) is 0.436. The third-order valence-corrected chi connectivity index (χ3v) is 10.7. The van der Waals surface area contributed by atoms with Crippen LogP contribution in [0.2, 0.25) is 5.02 Å². The molecule has 4 N–H and O–H groups in total. The fourth-order valence-corrected chi connectivity index (χ4v) is 7.30. The SMILES string of the molecule is CC(CO)(CO)NCc1cc(Cl)c(OCC2(OCCCN3CC[C@@H](O)C3)C=CC(Cl)=C(c3ccccc3)C2(C)Cl)cc1OCc1cncc(C#N)c1. The number of hydrogen-bond donors (Lipinski definition) is 4. The quantitative estimate of drug-likeness (QED) is 0.0980. The third-order valence-electron chi connectivity index (χ3n) is 9.57. The molecule has 0 saturated carbocycles. The summed E-state index contributed by atoms with van der Waals surface area (Å²) in [6.07, 6.45) is 7.89. The summed E-state index contributed by atoms with van der Waals surface area (Å²) in [6.45, 7) is 5.86. The van der Waals surface area contributed by atoms with Gasteiger partial charge in [0, 0.05) is 73.0 Å². The number of pyridine rings is 1. The average molecular weight is 772 g/mol. The van der Waals surface area contributed by atoms with Gasteiger partial charge in [-0.1, -0.05) is 53.5 Å². The van der Waals surface area contributed by atoms with Gasteiger partial charge < -0.3 is 39.7 Å². The Labute approximate surface area is 320 Å². The maximum Gasteiger partial charge on any atom is 0.143 e. The van der Waals surface area contributed by atoms with Crippen LogP contribution in [0.5, 0.6) is 11.5 Å². The Morgan fingerprint density at radius 3 is 2.56 bits per heavy atom. The highest BCUT2D eigenvalue weighted by molar-refractivity contribution is 6.40. The van der Waals surface area contributed by atoms with E-state index >= 15 is 0 Å². The molecule has 3 atom stereocenters. The first kappa shape index (κ1) is 40.0. The molecule has 1 fully saturated rings. The second-order valence-electron chi connectivity index (χ2n) is 13.7. The maximum absolute atomic E-state index is 9.98. The number of aliphatic hydroxyl groups excluding tert-OH is 3. The van der Waals surface area contributed by atoms with Crippen molar-refractivity contribution in [2.75, 3.05) is 46.1 Å². The van der Waals surface area contributed by atoms with Crippen molar-refractivity contribution in [1.29, 1.82) is 5.26 Å². The van der Waals surface area contributed by atoms with E-state index in [1.54, 1.807) is 37.4 Å². The van der Waals surface area contributed by atoms with Crippen molar-refractivity contribution >= 4 is 40.4 Å². The highest BCUT2D eigenvalue weighted by Crippen LogP contribution is 2.50. The van der Waals surface area contributed by atoms with Crippen LogP contribution in [0.15, 0.2) is 78.1 Å². The molecule has 0 radical (unpaired) electrons. The van der Waals surface area contributed by atoms with Crippen molar-refractivity contribution in [1.82, 2.24) is 15.2 Å². The molecule has 2 aromatic carbocycles. The Morgan fingerprint density at radius 2 is 1.87 bits per heavy atom. The lowest BCUT2D eigenvalue weighted by molar-refractivity contribution is -0.0541. The summed E-state index contributed by atoms with van der Waals surface area (Å²) in [5.74, 6) is 0.740. The van der Waals surface area contributed by atoms with E-state index in [1.165, 1.54) is 6.20 Å². The summed E-state index contributed by atoms with van der Waals surface area (Å²) in [5, 5.41) is 43.0. The predicted octanol–water partition coefficient (Wildman–Crippen LogP) is 5.83. The minimum atomic E-state index is -1.19. The summed E-state index contributed by atoms with van der Waals surface area (Å²) < 4.78 is 19.5. The topological polar surface area (TPSA) is 140 Å². The zero-order chi connectivity index (χ0) is 37.4. The van der Waals surface area contributed by atoms with Crippen LogP contribution < -0.4 is 14.8 Å². The standard InChI is InChI=1S/C39H45Cl3N4O6/c1-37(24-47,25-48)45-21-30-16-33(41)35(17-34(30)50-23-28-15-27(18-43)19-44-20-28)51-26-39(52-14-6-12-46-13-10-31(49)22-46)11-9-32(40)36(38(39,2)42)29-7-4-3-5-8-29/h3-5,7-9,11,15-17,19-20,31,45,47-49H,6,10,12-14,21-26H2,1-2H3/t31-,38?,39?/m1/s1. The van der Waals surface area contributed by atoms with Gasteiger partial charge in [-0.2, -0.15) is 5.26 Å². The Bertz CT molecular complexity index is 1780. The summed E-state index contributed by atoms with van der Waals surface area (Å²) in [4.78, 5) is 5.16. The van der Waals surface area contributed by atoms with E-state index in [9.17, 15) is 20.6 Å². The van der Waals surface area contributed by atoms with Gasteiger partial charge in [0.2, 0.25) is 0 Å². The third kappa shape index (κ3) is 9.47. The Hall–Kier alpha value is -3.21. The molecule has 0 amide bonds. The van der Waals surface area contributed by atoms with Crippen LogP contribution in [0.4, 0.5) is 0 Å². The zero-order valence-corrected chi connectivity index (χ0v) is 31.6. The van der Waals surface area contributed by atoms with Gasteiger partial charge in [0.1, 0.15) is 41.3 Å². The van der Waals surface area contributed by atoms with E-state index in [-0.39, 0.29) is 39.1 Å². The van der Waals surface area contributed by atoms with Crippen molar-refractivity contribution in [2.45, 2.75) is 62.0 Å². The number of halogens is 3. The van der Waals surface area contributed by atoms with Crippen LogP contribution >= 0.6 is 34.8 Å². The molecule has 52 heavy (non-hydrogen) atoms. The van der Waals surface area contributed by atoms with Gasteiger partial charge in [-0.05, 0) is 56.5 Å². The molecule has 2 unspecified atom stereocenters. The molecule has 0 spiro atoms. The minimum Gasteiger partial charge on any atom is -0.488 e. The summed E-state index contributed by atoms with van der Waals surface area (Å²) in [7, 11) is 0. The number of ether oxygens (including phenoxy) is 3. The first-order chi connectivity index (χ1) is 24.9. The summed E-state index contributed by atoms with van der Waals surface area (Å²) >= 11 is 21.3. The molecule has 2 heterocycles. The van der Waals surface area contributed by atoms with E-state index in [0.29, 0.717) is 63.4 Å². The molecule has 278 valence electrons. The highest BCUT2D eigenvalue weighted by Gasteiger charge is 2.53. The van der Waals surface area contributed by atoms with E-state index in [0.717, 1.165) is 25.1 Å². The number of aliphatic hydroxyl groups is 3. The van der Waals surface area contributed by atoms with E-state index in [4.69, 9.17) is 49.0 Å². The largest absolute Gasteiger partial charge is 0.488 e. The van der Waals surface area contributed by atoms with E-state index in [1.807, 2.05) is 43.3 Å². The van der Waals surface area contributed by atoms with Gasteiger partial charge in [-0.3, -0.25) is 4.98 Å². The lowest BCUT2D eigenvalue weighted by Crippen LogP contribution is -2.55. The minimum absolute atomic E-state index is 0.0373. The number of nitriles is 1. The molecule has 1 saturated heterocycles. The van der Waals surface area contributed by atoms with Crippen LogP contribution in [0, 0.1) is 11.3 Å². The monoisotopic (exact) mass is 770 g/mol. The molecule has 5 rings (SSSR count). The summed E-state index contributed by atoms with van der Waals surface area (Å²) in [5.41, 5.74) is 1.14. The highest BCUT2D eigenvalue weighted by atomic mass is 35.5. The lowest BCUT2D eigenvalue weighted by Gasteiger charge is -2.46. The number of benzene rings is 2. The van der Waals surface area contributed by atoms with Crippen molar-refractivity contribution < 1.29 is 29.5 Å². The van der Waals surface area contributed by atoms with Crippen LogP contribution in [0.1, 0.15) is 48.9 Å². The van der Waals surface area contributed by atoms with Crippen molar-refractivity contribution in [3.05, 3.63) is 105 Å². The number of aromatic nitrogens is 1. The first-order valence-corrected chi connectivity index (χ1v) is 18.3. The second kappa shape index (κ2) is 17.7. The van der Waals surface area contributed by atoms with Gasteiger partial charge in [0.15, 0.2) is 0 Å². The van der Waals surface area contributed by atoms with Crippen molar-refractivity contribution in [2.24, 2.45) is 0 Å². The zero-order valence-electron chi connectivity index (χ0n) is 29.3. The molecule has 13 heteroatoms. The Balaban J connectivity index is 1.44. The Kier molecular flexibility index (Phi) is 13.6. The van der Waals surface area contributed by atoms with Crippen LogP contribution in [-0.2, 0) is 17.9 Å². The van der Waals surface area contributed by atoms with Gasteiger partial charge in [0.25, 0.3) is 0 Å². The number of rotatable bonds is 17. The Morgan fingerprint density at radius 1 is 1.10 bits per heavy atom. The molecular weight excluding hydrogens is 727 g/mol. The van der Waals surface area contributed by atoms with Gasteiger partial charge in [-0.15, -0.1) is 11.6 Å². The number of β-amino-alcohol motifs (C(OH)–C–C–N with tert-alkyl or cyclic N) is 1. The molecule has 1 aromatic heterocycles. The van der Waals surface area contributed by atoms with Crippen LogP contribution in [0.3, 0.4) is 0 Å². The number of hydrogen-bond acceptors (Lipinski definition) is 10. The van der Waals surface area contributed by atoms with Gasteiger partial charge >= 0.3 is 0 Å². The number of allylic oxidation sites excluding steroid dienone is 2. The maximum atomic E-state index is 9.98. The average Bonchev–Trinajstić information content (AvgIpc) is 3.57. The van der Waals surface area contributed by atoms with Crippen LogP contribution in [-0.4, -0.2) is 93.4 Å². The molecule has 1 aliphatic heterocycles. The van der Waals surface area contributed by atoms with Crippen molar-refractivity contribution in [3.63, 3.8) is 0 Å². The normalized spacial score (nSPS) is 22.1. The number of nitrogens with zero attached hydrogens (tertiary/aromatic N) is 3. The number of nitrogens with one attached hydrogen (secondary N) is 1. The van der Waals surface area contributed by atoms with Crippen molar-refractivity contribution in [3.8, 4) is 17.6 Å². The molecule has 2 aliphatic rings. The molecule has 3 aromatic rings. The molecular formula is C39H45Cl3N4O6. The second-order valence-corrected chi connectivity index (χ2v) is 15.2. The number of likely N-dealkylation sites (tertiary alicyclic amines) is 1. The van der Waals surface area contributed by atoms with Gasteiger partial charge in [0.05, 0.1) is 35.4 Å². The number of alkyl halides is 1. The predicted molar refractivity (Wildman–Crippen MR) is 203 cm³/mol. The first-order valence-electron chi connectivity index (χ1n) is 17.2. The molecule has 1 aliphatic carbocycles. The summed E-state index contributed by atoms with van der Waals surface area (Å²) in [6, 6.07) is 16.9. The fourth-order valence-electron chi connectivity index (χ4n) is 6.27. The smallest absolute Gasteiger partial charge is 0.143 e. The lowest BCUT2D eigenvalue weighted by atomic mass is 9.76. The van der Waals surface area contributed by atoms with E-state index < -0.39 is 16.0 Å². The van der Waals surface area contributed by atoms with Crippen LogP contribution in [0.25, 0.3) is 5.57 Å². The van der Waals surface area contributed by atoms with E-state index in [2.05, 4.69) is 21.3 Å². The molecule has 10 nitrogen and oxygen atoms in total. The van der Waals surface area contributed by atoms with Gasteiger partial charge in [-0.25, -0.2) is 0 Å².